The second-order valence-electron chi connectivity index (χ2n) is 9.74. The first-order valence-electron chi connectivity index (χ1n) is 12.4. The quantitative estimate of drug-likeness (QED) is 0.516. The Morgan fingerprint density at radius 2 is 1.49 bits per heavy atom. The summed E-state index contributed by atoms with van der Waals surface area (Å²) < 4.78 is 0. The minimum atomic E-state index is -0.917. The van der Waals surface area contributed by atoms with Crippen molar-refractivity contribution < 1.29 is 15.0 Å². The van der Waals surface area contributed by atoms with E-state index in [0.29, 0.717) is 11.6 Å². The van der Waals surface area contributed by atoms with Gasteiger partial charge in [-0.3, -0.25) is 4.90 Å². The van der Waals surface area contributed by atoms with Crippen molar-refractivity contribution in [1.29, 1.82) is 0 Å². The fourth-order valence-corrected chi connectivity index (χ4v) is 5.35. The minimum absolute atomic E-state index is 0.285. The van der Waals surface area contributed by atoms with E-state index in [2.05, 4.69) is 47.9 Å². The largest absolute Gasteiger partial charge is 0.508 e. The third-order valence-electron chi connectivity index (χ3n) is 7.35. The number of benzene rings is 3. The normalized spacial score (nSPS) is 16.5. The molecule has 0 radical (unpaired) electrons. The molecule has 0 spiro atoms. The summed E-state index contributed by atoms with van der Waals surface area (Å²) >= 11 is 0. The van der Waals surface area contributed by atoms with Crippen molar-refractivity contribution in [2.24, 2.45) is 0 Å². The molecule has 0 unspecified atom stereocenters. The number of anilines is 1. The zero-order valence-corrected chi connectivity index (χ0v) is 20.4. The number of carbonyl (C=O) groups is 1. The van der Waals surface area contributed by atoms with Crippen molar-refractivity contribution in [3.63, 3.8) is 0 Å². The summed E-state index contributed by atoms with van der Waals surface area (Å²) in [4.78, 5) is 16.3. The van der Waals surface area contributed by atoms with Crippen molar-refractivity contribution in [2.75, 3.05) is 31.1 Å². The van der Waals surface area contributed by atoms with Crippen LogP contribution in [0.4, 0.5) is 5.69 Å². The van der Waals surface area contributed by atoms with Crippen LogP contribution in [0, 0.1) is 0 Å². The molecule has 1 heterocycles. The zero-order chi connectivity index (χ0) is 24.5. The van der Waals surface area contributed by atoms with Gasteiger partial charge in [0.1, 0.15) is 5.75 Å². The van der Waals surface area contributed by atoms with Gasteiger partial charge in [0.15, 0.2) is 0 Å². The lowest BCUT2D eigenvalue weighted by Crippen LogP contribution is -2.48. The van der Waals surface area contributed by atoms with Gasteiger partial charge in [-0.2, -0.15) is 0 Å². The van der Waals surface area contributed by atoms with E-state index in [1.54, 1.807) is 18.2 Å². The standard InChI is InChI=1S/C30H32N2O3/c1-20(2)31-15-17-32(18-16-31)25-10-7-22(8-11-25)29-27(21-3-5-23(6-4-21)30(34)35)13-9-24-19-26(33)12-14-28(24)29/h3-8,10-12,14,19-20,33H,9,13,15-18H2,1-2H3,(H,34,35). The van der Waals surface area contributed by atoms with Gasteiger partial charge in [-0.15, -0.1) is 0 Å². The summed E-state index contributed by atoms with van der Waals surface area (Å²) in [5.41, 5.74) is 8.34. The highest BCUT2D eigenvalue weighted by molar-refractivity contribution is 6.01. The van der Waals surface area contributed by atoms with Crippen molar-refractivity contribution in [1.82, 2.24) is 4.90 Å². The molecule has 0 amide bonds. The molecule has 35 heavy (non-hydrogen) atoms. The molecule has 3 aromatic carbocycles. The Morgan fingerprint density at radius 3 is 2.11 bits per heavy atom. The molecule has 1 saturated heterocycles. The van der Waals surface area contributed by atoms with Gasteiger partial charge in [-0.1, -0.05) is 30.3 Å². The van der Waals surface area contributed by atoms with Gasteiger partial charge in [-0.25, -0.2) is 4.79 Å². The van der Waals surface area contributed by atoms with Crippen LogP contribution in [-0.2, 0) is 6.42 Å². The third kappa shape index (κ3) is 4.69. The first-order valence-corrected chi connectivity index (χ1v) is 12.4. The fraction of sp³-hybridized carbons (Fsp3) is 0.300. The van der Waals surface area contributed by atoms with E-state index in [4.69, 9.17) is 0 Å². The monoisotopic (exact) mass is 468 g/mol. The molecule has 5 nitrogen and oxygen atoms in total. The molecule has 5 rings (SSSR count). The Balaban J connectivity index is 1.52. The van der Waals surface area contributed by atoms with Crippen LogP contribution in [0.5, 0.6) is 5.75 Å². The van der Waals surface area contributed by atoms with E-state index in [0.717, 1.165) is 66.8 Å². The van der Waals surface area contributed by atoms with Gasteiger partial charge >= 0.3 is 5.97 Å². The Labute approximate surface area is 206 Å². The number of nitrogens with zero attached hydrogens (tertiary/aromatic N) is 2. The lowest BCUT2D eigenvalue weighted by Gasteiger charge is -2.38. The smallest absolute Gasteiger partial charge is 0.335 e. The number of carboxylic acid groups (broad SMARTS) is 1. The van der Waals surface area contributed by atoms with Crippen LogP contribution >= 0.6 is 0 Å². The highest BCUT2D eigenvalue weighted by atomic mass is 16.4. The van der Waals surface area contributed by atoms with E-state index in [9.17, 15) is 15.0 Å². The maximum atomic E-state index is 11.3. The Morgan fingerprint density at radius 1 is 0.829 bits per heavy atom. The molecule has 5 heteroatoms. The predicted molar refractivity (Wildman–Crippen MR) is 141 cm³/mol. The molecule has 2 N–H and O–H groups in total. The van der Waals surface area contributed by atoms with E-state index in [1.807, 2.05) is 24.3 Å². The fourth-order valence-electron chi connectivity index (χ4n) is 5.35. The van der Waals surface area contributed by atoms with Gasteiger partial charge in [0.25, 0.3) is 0 Å². The second kappa shape index (κ2) is 9.59. The average Bonchev–Trinajstić information content (AvgIpc) is 2.88. The predicted octanol–water partition coefficient (Wildman–Crippen LogP) is 5.53. The van der Waals surface area contributed by atoms with E-state index < -0.39 is 5.97 Å². The summed E-state index contributed by atoms with van der Waals surface area (Å²) in [6.45, 7) is 8.74. The number of hydrogen-bond acceptors (Lipinski definition) is 4. The summed E-state index contributed by atoms with van der Waals surface area (Å²) in [6.07, 6.45) is 1.67. The van der Waals surface area contributed by atoms with Crippen LogP contribution in [0.3, 0.4) is 0 Å². The van der Waals surface area contributed by atoms with Gasteiger partial charge in [0, 0.05) is 37.9 Å². The number of phenols is 1. The lowest BCUT2D eigenvalue weighted by molar-refractivity contribution is 0.0697. The summed E-state index contributed by atoms with van der Waals surface area (Å²) in [7, 11) is 0. The van der Waals surface area contributed by atoms with Gasteiger partial charge in [0.05, 0.1) is 5.56 Å². The SMILES string of the molecule is CC(C)N1CCN(c2ccc(C3=C(c4ccc(C(=O)O)cc4)CCc4cc(O)ccc43)cc2)CC1. The summed E-state index contributed by atoms with van der Waals surface area (Å²) in [6, 6.07) is 22.2. The molecule has 0 bridgehead atoms. The first kappa shape index (κ1) is 23.2. The molecule has 0 aromatic heterocycles. The van der Waals surface area contributed by atoms with E-state index >= 15 is 0 Å². The van der Waals surface area contributed by atoms with Crippen LogP contribution in [0.25, 0.3) is 11.1 Å². The second-order valence-corrected chi connectivity index (χ2v) is 9.74. The zero-order valence-electron chi connectivity index (χ0n) is 20.4. The highest BCUT2D eigenvalue weighted by Crippen LogP contribution is 2.42. The molecule has 1 fully saturated rings. The lowest BCUT2D eigenvalue weighted by atomic mass is 9.79. The van der Waals surface area contributed by atoms with Crippen LogP contribution in [-0.4, -0.2) is 53.3 Å². The van der Waals surface area contributed by atoms with Crippen LogP contribution in [0.1, 0.15) is 52.9 Å². The topological polar surface area (TPSA) is 64.0 Å². The van der Waals surface area contributed by atoms with E-state index in [-0.39, 0.29) is 5.75 Å². The first-order chi connectivity index (χ1) is 16.9. The maximum Gasteiger partial charge on any atom is 0.335 e. The molecule has 1 aliphatic carbocycles. The van der Waals surface area contributed by atoms with E-state index in [1.165, 1.54) is 11.3 Å². The number of phenolic OH excluding ortho intramolecular Hbond substituents is 1. The Bertz CT molecular complexity index is 1250. The molecule has 1 aliphatic heterocycles. The Kier molecular flexibility index (Phi) is 6.35. The number of fused-ring (bicyclic) bond motifs is 1. The highest BCUT2D eigenvalue weighted by Gasteiger charge is 2.23. The molecule has 180 valence electrons. The van der Waals surface area contributed by atoms with Crippen LogP contribution in [0.15, 0.2) is 66.7 Å². The number of hydrogen-bond donors (Lipinski definition) is 2. The number of allylic oxidation sites excluding steroid dienone is 1. The molecule has 0 atom stereocenters. The molecular weight excluding hydrogens is 436 g/mol. The van der Waals surface area contributed by atoms with Gasteiger partial charge in [0.2, 0.25) is 0 Å². The molecule has 2 aliphatic rings. The average molecular weight is 469 g/mol. The van der Waals surface area contributed by atoms with Crippen LogP contribution in [0.2, 0.25) is 0 Å². The van der Waals surface area contributed by atoms with Gasteiger partial charge < -0.3 is 15.1 Å². The maximum absolute atomic E-state index is 11.3. The van der Waals surface area contributed by atoms with Crippen molar-refractivity contribution in [3.05, 3.63) is 94.5 Å². The summed E-state index contributed by atoms with van der Waals surface area (Å²) in [5.74, 6) is -0.631. The van der Waals surface area contributed by atoms with Crippen LogP contribution < -0.4 is 4.90 Å². The number of rotatable bonds is 5. The Hall–Kier alpha value is -3.57. The number of aromatic carboxylic acids is 1. The van der Waals surface area contributed by atoms with Crippen molar-refractivity contribution >= 4 is 22.8 Å². The number of piperazine rings is 1. The van der Waals surface area contributed by atoms with Crippen molar-refractivity contribution in [3.8, 4) is 5.75 Å². The molecule has 0 saturated carbocycles. The van der Waals surface area contributed by atoms with Gasteiger partial charge in [-0.05, 0) is 96.5 Å². The third-order valence-corrected chi connectivity index (χ3v) is 7.35. The van der Waals surface area contributed by atoms with Crippen molar-refractivity contribution in [2.45, 2.75) is 32.7 Å². The number of carboxylic acids is 1. The summed E-state index contributed by atoms with van der Waals surface area (Å²) in [5, 5.41) is 19.4. The number of aromatic hydroxyl groups is 1. The number of aryl methyl sites for hydroxylation is 1. The molecule has 3 aromatic rings. The molecular formula is C30H32N2O3. The minimum Gasteiger partial charge on any atom is -0.508 e.